The first-order valence-electron chi connectivity index (χ1n) is 11.5. The average Bonchev–Trinajstić information content (AvgIpc) is 3.55. The number of carbonyl (C=O) groups excluding carboxylic acids is 1. The minimum absolute atomic E-state index is 0.0191. The number of carboxylic acids is 1. The maximum absolute atomic E-state index is 13.7. The Balaban J connectivity index is 1.33. The summed E-state index contributed by atoms with van der Waals surface area (Å²) in [5.41, 5.74) is 7.40. The summed E-state index contributed by atoms with van der Waals surface area (Å²) >= 11 is 6.23. The quantitative estimate of drug-likeness (QED) is 0.341. The van der Waals surface area contributed by atoms with Crippen LogP contribution in [0.1, 0.15) is 31.8 Å². The molecule has 0 unspecified atom stereocenters. The molecule has 0 saturated heterocycles. The standard InChI is InChI=1S/C28H21ClN4O3/c29-23-14-17(7-8-21(23)28(35)36)19-5-3-4-18-16-32(13-10-20(18)19)27(34)22-15-26(24-9-11-30-31-24)33-12-2-1-6-25(22)33/h1-9,11-12,14-15H,10,13,16H2,(H,30,31)(H,35,36). The van der Waals surface area contributed by atoms with Gasteiger partial charge in [0.05, 0.1) is 33.1 Å². The van der Waals surface area contributed by atoms with Gasteiger partial charge in [-0.15, -0.1) is 0 Å². The second-order valence-electron chi connectivity index (χ2n) is 8.79. The van der Waals surface area contributed by atoms with E-state index in [1.165, 1.54) is 6.07 Å². The molecule has 0 saturated carbocycles. The van der Waals surface area contributed by atoms with Crippen LogP contribution >= 0.6 is 11.6 Å². The topological polar surface area (TPSA) is 90.7 Å². The molecule has 0 spiro atoms. The number of pyridine rings is 1. The van der Waals surface area contributed by atoms with Crippen molar-refractivity contribution in [2.45, 2.75) is 13.0 Å². The lowest BCUT2D eigenvalue weighted by molar-refractivity contribution is 0.0695. The minimum atomic E-state index is -1.05. The van der Waals surface area contributed by atoms with Crippen molar-refractivity contribution in [3.63, 3.8) is 0 Å². The summed E-state index contributed by atoms with van der Waals surface area (Å²) in [6, 6.07) is 20.7. The van der Waals surface area contributed by atoms with E-state index in [4.69, 9.17) is 11.6 Å². The van der Waals surface area contributed by atoms with Gasteiger partial charge in [0.15, 0.2) is 0 Å². The number of halogens is 1. The molecule has 4 heterocycles. The third-order valence-electron chi connectivity index (χ3n) is 6.75. The van der Waals surface area contributed by atoms with E-state index in [1.54, 1.807) is 18.3 Å². The number of carboxylic acid groups (broad SMARTS) is 1. The number of aromatic amines is 1. The maximum atomic E-state index is 13.7. The van der Waals surface area contributed by atoms with E-state index in [2.05, 4.69) is 10.2 Å². The number of nitrogens with zero attached hydrogens (tertiary/aromatic N) is 3. The Labute approximate surface area is 211 Å². The predicted molar refractivity (Wildman–Crippen MR) is 137 cm³/mol. The molecule has 2 aromatic carbocycles. The van der Waals surface area contributed by atoms with Crippen LogP contribution in [0.25, 0.3) is 28.0 Å². The molecule has 0 bridgehead atoms. The molecule has 2 N–H and O–H groups in total. The first kappa shape index (κ1) is 22.1. The fraction of sp³-hybridized carbons (Fsp3) is 0.107. The second-order valence-corrected chi connectivity index (χ2v) is 9.20. The molecule has 0 fully saturated rings. The van der Waals surface area contributed by atoms with Crippen molar-refractivity contribution in [1.29, 1.82) is 0 Å². The highest BCUT2D eigenvalue weighted by molar-refractivity contribution is 6.33. The molecule has 36 heavy (non-hydrogen) atoms. The Kier molecular flexibility index (Phi) is 5.34. The number of nitrogens with one attached hydrogen (secondary N) is 1. The SMILES string of the molecule is O=C(O)c1ccc(-c2cccc3c2CCN(C(=O)c2cc(-c4ccn[nH]4)n4ccccc24)C3)cc1Cl. The highest BCUT2D eigenvalue weighted by atomic mass is 35.5. The molecule has 0 radical (unpaired) electrons. The van der Waals surface area contributed by atoms with E-state index in [0.717, 1.165) is 39.2 Å². The molecule has 1 aliphatic heterocycles. The smallest absolute Gasteiger partial charge is 0.337 e. The predicted octanol–water partition coefficient (Wildman–Crippen LogP) is 5.55. The Hall–Kier alpha value is -4.36. The molecule has 1 aliphatic rings. The number of hydrogen-bond acceptors (Lipinski definition) is 3. The number of fused-ring (bicyclic) bond motifs is 2. The third-order valence-corrected chi connectivity index (χ3v) is 7.06. The molecule has 8 heteroatoms. The van der Waals surface area contributed by atoms with Gasteiger partial charge in [0.25, 0.3) is 5.91 Å². The van der Waals surface area contributed by atoms with Crippen LogP contribution in [0.2, 0.25) is 5.02 Å². The molecule has 5 aromatic rings. The summed E-state index contributed by atoms with van der Waals surface area (Å²) in [4.78, 5) is 26.9. The highest BCUT2D eigenvalue weighted by Crippen LogP contribution is 2.34. The number of benzene rings is 2. The summed E-state index contributed by atoms with van der Waals surface area (Å²) in [5, 5.41) is 16.5. The van der Waals surface area contributed by atoms with E-state index < -0.39 is 5.97 Å². The lowest BCUT2D eigenvalue weighted by atomic mass is 9.90. The van der Waals surface area contributed by atoms with Crippen molar-refractivity contribution >= 4 is 29.0 Å². The van der Waals surface area contributed by atoms with Crippen molar-refractivity contribution in [1.82, 2.24) is 19.5 Å². The van der Waals surface area contributed by atoms with Crippen LogP contribution in [0, 0.1) is 0 Å². The maximum Gasteiger partial charge on any atom is 0.337 e. The summed E-state index contributed by atoms with van der Waals surface area (Å²) in [6.45, 7) is 1.07. The van der Waals surface area contributed by atoms with Gasteiger partial charge in [-0.25, -0.2) is 4.79 Å². The molecule has 6 rings (SSSR count). The van der Waals surface area contributed by atoms with Crippen molar-refractivity contribution < 1.29 is 14.7 Å². The van der Waals surface area contributed by atoms with Crippen LogP contribution in [0.5, 0.6) is 0 Å². The van der Waals surface area contributed by atoms with Crippen LogP contribution in [0.15, 0.2) is 79.1 Å². The number of hydrogen-bond donors (Lipinski definition) is 2. The number of H-pyrrole nitrogens is 1. The van der Waals surface area contributed by atoms with Gasteiger partial charge in [0, 0.05) is 25.5 Å². The van der Waals surface area contributed by atoms with Crippen molar-refractivity contribution in [2.75, 3.05) is 6.54 Å². The van der Waals surface area contributed by atoms with Gasteiger partial charge < -0.3 is 14.4 Å². The first-order valence-corrected chi connectivity index (χ1v) is 11.9. The van der Waals surface area contributed by atoms with E-state index in [9.17, 15) is 14.7 Å². The van der Waals surface area contributed by atoms with Gasteiger partial charge in [-0.1, -0.05) is 41.9 Å². The second kappa shape index (κ2) is 8.70. The molecule has 178 valence electrons. The Morgan fingerprint density at radius 2 is 1.89 bits per heavy atom. The zero-order valence-corrected chi connectivity index (χ0v) is 19.9. The monoisotopic (exact) mass is 496 g/mol. The molecule has 3 aromatic heterocycles. The van der Waals surface area contributed by atoms with Gasteiger partial charge in [0.1, 0.15) is 0 Å². The Morgan fingerprint density at radius 3 is 2.67 bits per heavy atom. The minimum Gasteiger partial charge on any atom is -0.478 e. The highest BCUT2D eigenvalue weighted by Gasteiger charge is 2.26. The van der Waals surface area contributed by atoms with Gasteiger partial charge in [0.2, 0.25) is 0 Å². The van der Waals surface area contributed by atoms with Gasteiger partial charge >= 0.3 is 5.97 Å². The average molecular weight is 497 g/mol. The van der Waals surface area contributed by atoms with Crippen molar-refractivity contribution in [3.05, 3.63) is 106 Å². The number of rotatable bonds is 4. The molecule has 0 aliphatic carbocycles. The summed E-state index contributed by atoms with van der Waals surface area (Å²) in [5.74, 6) is -1.07. The normalized spacial score (nSPS) is 13.1. The number of aromatic nitrogens is 3. The van der Waals surface area contributed by atoms with Crippen LogP contribution in [0.4, 0.5) is 0 Å². The summed E-state index contributed by atoms with van der Waals surface area (Å²) in [6.07, 6.45) is 4.33. The zero-order valence-electron chi connectivity index (χ0n) is 19.1. The Bertz CT molecular complexity index is 1640. The van der Waals surface area contributed by atoms with Crippen LogP contribution in [-0.2, 0) is 13.0 Å². The van der Waals surface area contributed by atoms with E-state index in [1.807, 2.05) is 64.0 Å². The van der Waals surface area contributed by atoms with Crippen LogP contribution < -0.4 is 0 Å². The number of carbonyl (C=O) groups is 2. The van der Waals surface area contributed by atoms with Crippen LogP contribution in [-0.4, -0.2) is 43.0 Å². The lowest BCUT2D eigenvalue weighted by Gasteiger charge is -2.30. The lowest BCUT2D eigenvalue weighted by Crippen LogP contribution is -2.36. The molecule has 1 amide bonds. The summed E-state index contributed by atoms with van der Waals surface area (Å²) < 4.78 is 2.00. The fourth-order valence-corrected chi connectivity index (χ4v) is 5.27. The van der Waals surface area contributed by atoms with E-state index in [0.29, 0.717) is 25.1 Å². The van der Waals surface area contributed by atoms with Gasteiger partial charge in [-0.3, -0.25) is 9.89 Å². The fourth-order valence-electron chi connectivity index (χ4n) is 5.01. The summed E-state index contributed by atoms with van der Waals surface area (Å²) in [7, 11) is 0. The third kappa shape index (κ3) is 3.65. The molecular weight excluding hydrogens is 476 g/mol. The van der Waals surface area contributed by atoms with Gasteiger partial charge in [-0.05, 0) is 65.1 Å². The van der Waals surface area contributed by atoms with Crippen molar-refractivity contribution in [2.24, 2.45) is 0 Å². The number of aromatic carboxylic acids is 1. The largest absolute Gasteiger partial charge is 0.478 e. The Morgan fingerprint density at radius 1 is 1.00 bits per heavy atom. The van der Waals surface area contributed by atoms with Crippen LogP contribution in [0.3, 0.4) is 0 Å². The molecule has 7 nitrogen and oxygen atoms in total. The molecule has 0 atom stereocenters. The van der Waals surface area contributed by atoms with Gasteiger partial charge in [-0.2, -0.15) is 5.10 Å². The van der Waals surface area contributed by atoms with E-state index in [-0.39, 0.29) is 16.5 Å². The van der Waals surface area contributed by atoms with Crippen molar-refractivity contribution in [3.8, 4) is 22.5 Å². The zero-order chi connectivity index (χ0) is 24.8. The first-order chi connectivity index (χ1) is 17.5. The number of amides is 1. The molecular formula is C28H21ClN4O3. The van der Waals surface area contributed by atoms with E-state index >= 15 is 0 Å².